The summed E-state index contributed by atoms with van der Waals surface area (Å²) in [6.45, 7) is 0. The van der Waals surface area contributed by atoms with Gasteiger partial charge in [0.15, 0.2) is 0 Å². The first kappa shape index (κ1) is 10.2. The van der Waals surface area contributed by atoms with Gasteiger partial charge in [0.25, 0.3) is 0 Å². The first-order valence-electron chi connectivity index (χ1n) is 3.86. The Morgan fingerprint density at radius 3 is 3.00 bits per heavy atom. The lowest BCUT2D eigenvalue weighted by atomic mass is 10.2. The van der Waals surface area contributed by atoms with Gasteiger partial charge >= 0.3 is 5.97 Å². The molecule has 13 heavy (non-hydrogen) atoms. The normalized spacial score (nSPS) is 9.69. The number of hydrogen-bond acceptors (Lipinski definition) is 3. The molecule has 0 atom stereocenters. The quantitative estimate of drug-likeness (QED) is 0.601. The van der Waals surface area contributed by atoms with Gasteiger partial charge in [-0.05, 0) is 18.1 Å². The number of aromatic nitrogens is 1. The molecule has 0 unspecified atom stereocenters. The summed E-state index contributed by atoms with van der Waals surface area (Å²) in [6.07, 6.45) is 4.11. The summed E-state index contributed by atoms with van der Waals surface area (Å²) in [5, 5.41) is 0.860. The van der Waals surface area contributed by atoms with Crippen LogP contribution in [0.15, 0.2) is 18.5 Å². The molecule has 0 aliphatic rings. The van der Waals surface area contributed by atoms with Gasteiger partial charge in [-0.2, -0.15) is 0 Å². The number of ether oxygens (including phenoxy) is 1. The van der Waals surface area contributed by atoms with Crippen LogP contribution >= 0.6 is 15.9 Å². The Bertz CT molecular complexity index is 301. The Balaban J connectivity index is 2.85. The molecule has 0 spiro atoms. The number of nitrogens with zero attached hydrogens (tertiary/aromatic N) is 1. The van der Waals surface area contributed by atoms with E-state index in [1.807, 2.05) is 0 Å². The van der Waals surface area contributed by atoms with Crippen LogP contribution in [0, 0.1) is 0 Å². The van der Waals surface area contributed by atoms with Crippen molar-refractivity contribution in [3.8, 4) is 0 Å². The molecule has 0 amide bonds. The van der Waals surface area contributed by atoms with Crippen LogP contribution in [-0.2, 0) is 11.2 Å². The highest BCUT2D eigenvalue weighted by molar-refractivity contribution is 9.09. The van der Waals surface area contributed by atoms with Gasteiger partial charge < -0.3 is 4.74 Å². The van der Waals surface area contributed by atoms with Crippen molar-refractivity contribution in [2.24, 2.45) is 0 Å². The zero-order valence-corrected chi connectivity index (χ0v) is 8.87. The van der Waals surface area contributed by atoms with Crippen molar-refractivity contribution in [2.75, 3.05) is 12.4 Å². The maximum Gasteiger partial charge on any atom is 0.339 e. The van der Waals surface area contributed by atoms with E-state index in [9.17, 15) is 4.79 Å². The van der Waals surface area contributed by atoms with Gasteiger partial charge in [0.05, 0.1) is 12.7 Å². The fraction of sp³-hybridized carbons (Fsp3) is 0.333. The summed E-state index contributed by atoms with van der Waals surface area (Å²) in [5.41, 5.74) is 1.53. The van der Waals surface area contributed by atoms with Gasteiger partial charge in [-0.1, -0.05) is 15.9 Å². The average Bonchev–Trinajstić information content (AvgIpc) is 2.18. The van der Waals surface area contributed by atoms with E-state index in [0.29, 0.717) is 5.56 Å². The molecule has 0 fully saturated rings. The van der Waals surface area contributed by atoms with Crippen LogP contribution in [0.2, 0.25) is 0 Å². The monoisotopic (exact) mass is 243 g/mol. The van der Waals surface area contributed by atoms with E-state index in [2.05, 4.69) is 25.7 Å². The fourth-order valence-corrected chi connectivity index (χ4v) is 1.42. The van der Waals surface area contributed by atoms with Gasteiger partial charge in [0, 0.05) is 17.7 Å². The third-order valence-corrected chi connectivity index (χ3v) is 2.00. The lowest BCUT2D eigenvalue weighted by Crippen LogP contribution is -2.02. The van der Waals surface area contributed by atoms with Crippen molar-refractivity contribution < 1.29 is 9.53 Å². The molecule has 0 aliphatic carbocycles. The topological polar surface area (TPSA) is 39.2 Å². The van der Waals surface area contributed by atoms with E-state index in [0.717, 1.165) is 17.3 Å². The van der Waals surface area contributed by atoms with Gasteiger partial charge in [-0.25, -0.2) is 4.79 Å². The van der Waals surface area contributed by atoms with Crippen LogP contribution in [0.1, 0.15) is 15.9 Å². The number of carbonyl (C=O) groups excluding carboxylic acids is 1. The SMILES string of the molecule is COC(=O)c1cncc(CCBr)c1. The highest BCUT2D eigenvalue weighted by Gasteiger charge is 2.05. The van der Waals surface area contributed by atoms with Crippen molar-refractivity contribution >= 4 is 21.9 Å². The molecule has 0 N–H and O–H groups in total. The van der Waals surface area contributed by atoms with E-state index in [-0.39, 0.29) is 5.97 Å². The van der Waals surface area contributed by atoms with Crippen LogP contribution in [0.25, 0.3) is 0 Å². The Morgan fingerprint density at radius 1 is 1.62 bits per heavy atom. The molecule has 4 heteroatoms. The van der Waals surface area contributed by atoms with Crippen LogP contribution in [0.5, 0.6) is 0 Å². The smallest absolute Gasteiger partial charge is 0.339 e. The summed E-state index contributed by atoms with van der Waals surface area (Å²) in [7, 11) is 1.36. The third kappa shape index (κ3) is 2.81. The Hall–Kier alpha value is -0.900. The van der Waals surface area contributed by atoms with E-state index in [1.54, 1.807) is 12.3 Å². The lowest BCUT2D eigenvalue weighted by molar-refractivity contribution is 0.0600. The van der Waals surface area contributed by atoms with E-state index in [1.165, 1.54) is 13.3 Å². The molecule has 0 aliphatic heterocycles. The van der Waals surface area contributed by atoms with Crippen LogP contribution in [0.4, 0.5) is 0 Å². The largest absolute Gasteiger partial charge is 0.465 e. The number of rotatable bonds is 3. The number of alkyl halides is 1. The minimum atomic E-state index is -0.344. The Labute approximate surface area is 85.3 Å². The Morgan fingerprint density at radius 2 is 2.38 bits per heavy atom. The van der Waals surface area contributed by atoms with E-state index in [4.69, 9.17) is 0 Å². The molecule has 1 heterocycles. The number of hydrogen-bond donors (Lipinski definition) is 0. The molecule has 1 rings (SSSR count). The third-order valence-electron chi connectivity index (χ3n) is 1.60. The molecular formula is C9H10BrNO2. The molecule has 1 aromatic rings. The van der Waals surface area contributed by atoms with Gasteiger partial charge in [0.2, 0.25) is 0 Å². The molecule has 1 aromatic heterocycles. The molecule has 70 valence electrons. The number of carbonyl (C=O) groups is 1. The second-order valence-corrected chi connectivity index (χ2v) is 3.31. The average molecular weight is 244 g/mol. The maximum atomic E-state index is 11.1. The van der Waals surface area contributed by atoms with Gasteiger partial charge in [0.1, 0.15) is 0 Å². The van der Waals surface area contributed by atoms with Crippen molar-refractivity contribution in [1.82, 2.24) is 4.98 Å². The maximum absolute atomic E-state index is 11.1. The molecule has 0 aromatic carbocycles. The number of methoxy groups -OCH3 is 1. The number of halogens is 1. The van der Waals surface area contributed by atoms with Gasteiger partial charge in [-0.3, -0.25) is 4.98 Å². The zero-order valence-electron chi connectivity index (χ0n) is 7.29. The van der Waals surface area contributed by atoms with Crippen molar-refractivity contribution in [2.45, 2.75) is 6.42 Å². The summed E-state index contributed by atoms with van der Waals surface area (Å²) >= 11 is 3.32. The number of pyridine rings is 1. The predicted octanol–water partition coefficient (Wildman–Crippen LogP) is 1.81. The van der Waals surface area contributed by atoms with Crippen molar-refractivity contribution in [3.63, 3.8) is 0 Å². The van der Waals surface area contributed by atoms with Gasteiger partial charge in [-0.15, -0.1) is 0 Å². The first-order valence-corrected chi connectivity index (χ1v) is 4.98. The molecule has 0 radical (unpaired) electrons. The summed E-state index contributed by atoms with van der Waals surface area (Å²) in [5.74, 6) is -0.344. The fourth-order valence-electron chi connectivity index (χ4n) is 0.963. The zero-order chi connectivity index (χ0) is 9.68. The molecule has 0 saturated carbocycles. The van der Waals surface area contributed by atoms with E-state index >= 15 is 0 Å². The summed E-state index contributed by atoms with van der Waals surface area (Å²) in [4.78, 5) is 15.0. The standard InChI is InChI=1S/C9H10BrNO2/c1-13-9(12)8-4-7(2-3-10)5-11-6-8/h4-6H,2-3H2,1H3. The Kier molecular flexibility index (Phi) is 3.89. The van der Waals surface area contributed by atoms with Crippen LogP contribution in [-0.4, -0.2) is 23.4 Å². The predicted molar refractivity (Wildman–Crippen MR) is 53.1 cm³/mol. The minimum Gasteiger partial charge on any atom is -0.465 e. The summed E-state index contributed by atoms with van der Waals surface area (Å²) in [6, 6.07) is 1.79. The van der Waals surface area contributed by atoms with Crippen molar-refractivity contribution in [3.05, 3.63) is 29.6 Å². The summed E-state index contributed by atoms with van der Waals surface area (Å²) < 4.78 is 4.58. The van der Waals surface area contributed by atoms with Crippen LogP contribution in [0.3, 0.4) is 0 Å². The van der Waals surface area contributed by atoms with Crippen molar-refractivity contribution in [1.29, 1.82) is 0 Å². The number of aryl methyl sites for hydroxylation is 1. The number of esters is 1. The molecular weight excluding hydrogens is 234 g/mol. The lowest BCUT2D eigenvalue weighted by Gasteiger charge is -2.00. The minimum absolute atomic E-state index is 0.344. The highest BCUT2D eigenvalue weighted by atomic mass is 79.9. The molecule has 0 saturated heterocycles. The second-order valence-electron chi connectivity index (χ2n) is 2.51. The molecule has 0 bridgehead atoms. The van der Waals surface area contributed by atoms with E-state index < -0.39 is 0 Å². The van der Waals surface area contributed by atoms with Crippen LogP contribution < -0.4 is 0 Å². The highest BCUT2D eigenvalue weighted by Crippen LogP contribution is 2.05. The first-order chi connectivity index (χ1) is 6.27. The second kappa shape index (κ2) is 4.97. The molecule has 3 nitrogen and oxygen atoms in total.